The molecule has 1 atom stereocenters. The van der Waals surface area contributed by atoms with Crippen molar-refractivity contribution in [3.05, 3.63) is 41.7 Å². The van der Waals surface area contributed by atoms with E-state index in [2.05, 4.69) is 5.10 Å². The van der Waals surface area contributed by atoms with E-state index in [1.807, 2.05) is 38.1 Å². The molecule has 2 aromatic rings. The minimum Gasteiger partial charge on any atom is -0.477 e. The van der Waals surface area contributed by atoms with Gasteiger partial charge in [-0.3, -0.25) is 4.68 Å². The Morgan fingerprint density at radius 1 is 1.40 bits per heavy atom. The fourth-order valence-electron chi connectivity index (χ4n) is 2.18. The summed E-state index contributed by atoms with van der Waals surface area (Å²) in [4.78, 5) is 11.3. The Hall–Kier alpha value is -2.14. The molecular weight excluding hydrogens is 256 g/mol. The first-order valence-electron chi connectivity index (χ1n) is 6.51. The molecule has 0 saturated carbocycles. The molecule has 0 aliphatic rings. The van der Waals surface area contributed by atoms with Crippen LogP contribution >= 0.6 is 0 Å². The van der Waals surface area contributed by atoms with Gasteiger partial charge in [-0.2, -0.15) is 5.10 Å². The number of carboxylic acids is 1. The molecule has 5 nitrogen and oxygen atoms in total. The molecule has 0 amide bonds. The second kappa shape index (κ2) is 5.88. The van der Waals surface area contributed by atoms with Crippen LogP contribution in [0.1, 0.15) is 36.0 Å². The average molecular weight is 274 g/mol. The number of carbonyl (C=O) groups is 1. The van der Waals surface area contributed by atoms with E-state index < -0.39 is 5.97 Å². The number of nitrogens with zero attached hydrogens (tertiary/aromatic N) is 2. The van der Waals surface area contributed by atoms with E-state index in [9.17, 15) is 9.90 Å². The van der Waals surface area contributed by atoms with Gasteiger partial charge in [0.25, 0.3) is 0 Å². The number of aryl methyl sites for hydroxylation is 1. The van der Waals surface area contributed by atoms with Gasteiger partial charge in [0.05, 0.1) is 12.3 Å². The number of rotatable bonds is 5. The number of ether oxygens (including phenoxy) is 1. The minimum atomic E-state index is -0.980. The number of hydrogen-bond donors (Lipinski definition) is 1. The van der Waals surface area contributed by atoms with Crippen molar-refractivity contribution < 1.29 is 14.6 Å². The van der Waals surface area contributed by atoms with Gasteiger partial charge in [-0.1, -0.05) is 24.3 Å². The first-order valence-corrected chi connectivity index (χ1v) is 6.51. The van der Waals surface area contributed by atoms with E-state index in [1.165, 1.54) is 4.68 Å². The zero-order valence-corrected chi connectivity index (χ0v) is 11.8. The van der Waals surface area contributed by atoms with Gasteiger partial charge in [0.1, 0.15) is 0 Å². The molecular formula is C15H18N2O3. The lowest BCUT2D eigenvalue weighted by molar-refractivity contribution is 0.0685. The number of hydrogen-bond acceptors (Lipinski definition) is 3. The first-order chi connectivity index (χ1) is 9.54. The lowest BCUT2D eigenvalue weighted by Gasteiger charge is -2.12. The molecule has 0 aliphatic carbocycles. The maximum Gasteiger partial charge on any atom is 0.354 e. The number of carboxylic acid groups (broad SMARTS) is 1. The van der Waals surface area contributed by atoms with Gasteiger partial charge in [0.15, 0.2) is 5.69 Å². The highest BCUT2D eigenvalue weighted by Gasteiger charge is 2.17. The first kappa shape index (κ1) is 14.3. The lowest BCUT2D eigenvalue weighted by atomic mass is 10.0. The molecule has 0 radical (unpaired) electrons. The highest BCUT2D eigenvalue weighted by Crippen LogP contribution is 2.26. The van der Waals surface area contributed by atoms with Crippen molar-refractivity contribution in [2.24, 2.45) is 7.05 Å². The highest BCUT2D eigenvalue weighted by atomic mass is 16.5. The van der Waals surface area contributed by atoms with Crippen molar-refractivity contribution in [3.63, 3.8) is 0 Å². The quantitative estimate of drug-likeness (QED) is 0.910. The Morgan fingerprint density at radius 3 is 2.60 bits per heavy atom. The average Bonchev–Trinajstić information content (AvgIpc) is 2.81. The third kappa shape index (κ3) is 2.72. The molecule has 0 aliphatic heterocycles. The second-order valence-electron chi connectivity index (χ2n) is 4.56. The SMILES string of the molecule is CCO[C@H](C)c1ccc(-c2cnn(C)c2C(=O)O)cc1. The largest absolute Gasteiger partial charge is 0.477 e. The van der Waals surface area contributed by atoms with Gasteiger partial charge in [0, 0.05) is 19.2 Å². The summed E-state index contributed by atoms with van der Waals surface area (Å²) < 4.78 is 6.90. The Labute approximate surface area is 117 Å². The number of aromatic carboxylic acids is 1. The van der Waals surface area contributed by atoms with E-state index in [0.717, 1.165) is 11.1 Å². The third-order valence-corrected chi connectivity index (χ3v) is 3.25. The second-order valence-corrected chi connectivity index (χ2v) is 4.56. The molecule has 0 saturated heterocycles. The van der Waals surface area contributed by atoms with Crippen molar-refractivity contribution in [2.45, 2.75) is 20.0 Å². The maximum absolute atomic E-state index is 11.3. The van der Waals surface area contributed by atoms with E-state index in [0.29, 0.717) is 12.2 Å². The summed E-state index contributed by atoms with van der Waals surface area (Å²) in [5.74, 6) is -0.980. The molecule has 106 valence electrons. The molecule has 0 fully saturated rings. The van der Waals surface area contributed by atoms with Crippen LogP contribution in [0.3, 0.4) is 0 Å². The highest BCUT2D eigenvalue weighted by molar-refractivity contribution is 5.94. The van der Waals surface area contributed by atoms with Crippen LogP contribution in [0.4, 0.5) is 0 Å². The van der Waals surface area contributed by atoms with E-state index >= 15 is 0 Å². The normalized spacial score (nSPS) is 12.3. The molecule has 2 rings (SSSR count). The lowest BCUT2D eigenvalue weighted by Crippen LogP contribution is -2.06. The van der Waals surface area contributed by atoms with Gasteiger partial charge >= 0.3 is 5.97 Å². The smallest absolute Gasteiger partial charge is 0.354 e. The van der Waals surface area contributed by atoms with Crippen molar-refractivity contribution in [1.82, 2.24) is 9.78 Å². The summed E-state index contributed by atoms with van der Waals surface area (Å²) in [5.41, 5.74) is 2.71. The van der Waals surface area contributed by atoms with Crippen molar-refractivity contribution >= 4 is 5.97 Å². The van der Waals surface area contributed by atoms with E-state index in [-0.39, 0.29) is 11.8 Å². The van der Waals surface area contributed by atoms with Gasteiger partial charge in [-0.25, -0.2) is 4.79 Å². The van der Waals surface area contributed by atoms with Crippen LogP contribution in [0.15, 0.2) is 30.5 Å². The molecule has 1 heterocycles. The molecule has 0 bridgehead atoms. The topological polar surface area (TPSA) is 64.4 Å². The Balaban J connectivity index is 2.33. The standard InChI is InChI=1S/C15H18N2O3/c1-4-20-10(2)11-5-7-12(8-6-11)13-9-16-17(3)14(13)15(18)19/h5-10H,4H2,1-3H3,(H,18,19)/t10-/m1/s1. The zero-order valence-electron chi connectivity index (χ0n) is 11.8. The van der Waals surface area contributed by atoms with Crippen molar-refractivity contribution in [2.75, 3.05) is 6.61 Å². The third-order valence-electron chi connectivity index (χ3n) is 3.25. The van der Waals surface area contributed by atoms with Gasteiger partial charge in [-0.15, -0.1) is 0 Å². The molecule has 1 aromatic carbocycles. The summed E-state index contributed by atoms with van der Waals surface area (Å²) in [6.45, 7) is 4.61. The molecule has 1 aromatic heterocycles. The molecule has 0 spiro atoms. The molecule has 1 N–H and O–H groups in total. The fourth-order valence-corrected chi connectivity index (χ4v) is 2.18. The monoisotopic (exact) mass is 274 g/mol. The van der Waals surface area contributed by atoms with E-state index in [1.54, 1.807) is 13.2 Å². The van der Waals surface area contributed by atoms with Crippen molar-refractivity contribution in [1.29, 1.82) is 0 Å². The van der Waals surface area contributed by atoms with Gasteiger partial charge in [0.2, 0.25) is 0 Å². The van der Waals surface area contributed by atoms with Gasteiger partial charge in [-0.05, 0) is 25.0 Å². The minimum absolute atomic E-state index is 0.0295. The van der Waals surface area contributed by atoms with Crippen LogP contribution < -0.4 is 0 Å². The summed E-state index contributed by atoms with van der Waals surface area (Å²) in [5, 5.41) is 13.2. The summed E-state index contributed by atoms with van der Waals surface area (Å²) >= 11 is 0. The van der Waals surface area contributed by atoms with Crippen LogP contribution in [0.25, 0.3) is 11.1 Å². The van der Waals surface area contributed by atoms with Crippen LogP contribution in [0.2, 0.25) is 0 Å². The predicted octanol–water partition coefficient (Wildman–Crippen LogP) is 2.88. The van der Waals surface area contributed by atoms with Gasteiger partial charge < -0.3 is 9.84 Å². The fraction of sp³-hybridized carbons (Fsp3) is 0.333. The number of benzene rings is 1. The van der Waals surface area contributed by atoms with E-state index in [4.69, 9.17) is 4.74 Å². The van der Waals surface area contributed by atoms with Crippen LogP contribution in [-0.4, -0.2) is 27.5 Å². The van der Waals surface area contributed by atoms with Crippen LogP contribution in [0, 0.1) is 0 Å². The van der Waals surface area contributed by atoms with Crippen LogP contribution in [-0.2, 0) is 11.8 Å². The number of aromatic nitrogens is 2. The van der Waals surface area contributed by atoms with Crippen LogP contribution in [0.5, 0.6) is 0 Å². The maximum atomic E-state index is 11.3. The predicted molar refractivity (Wildman–Crippen MR) is 75.6 cm³/mol. The molecule has 5 heteroatoms. The Bertz CT molecular complexity index is 602. The summed E-state index contributed by atoms with van der Waals surface area (Å²) in [7, 11) is 1.62. The summed E-state index contributed by atoms with van der Waals surface area (Å²) in [6, 6.07) is 7.70. The molecule has 20 heavy (non-hydrogen) atoms. The van der Waals surface area contributed by atoms with Crippen molar-refractivity contribution in [3.8, 4) is 11.1 Å². The Kier molecular flexibility index (Phi) is 4.20. The molecule has 0 unspecified atom stereocenters. The summed E-state index contributed by atoms with van der Waals surface area (Å²) in [6.07, 6.45) is 1.60. The Morgan fingerprint density at radius 2 is 2.05 bits per heavy atom. The zero-order chi connectivity index (χ0) is 14.7.